The predicted molar refractivity (Wildman–Crippen MR) is 153 cm³/mol. The Balaban J connectivity index is 1.22. The van der Waals surface area contributed by atoms with E-state index in [1.165, 1.54) is 0 Å². The number of hydrogen-bond acceptors (Lipinski definition) is 7. The molecule has 0 radical (unpaired) electrons. The Bertz CT molecular complexity index is 1590. The number of methoxy groups -OCH3 is 1. The standard InChI is InChI=1S/C31H30N6O3/c1-39-28-9-6-22(31(20-32)10-11-31)16-27(28)36-30(38)35-26-8-7-23(24-4-2-3-5-25(24)26)21-17-33-29(34-18-21)19-37-12-14-40-15-13-37/h2-9,16-18H,10-15,19H2,1H3,(H2,35,36,38). The van der Waals surface area contributed by atoms with Crippen LogP contribution in [-0.2, 0) is 16.7 Å². The highest BCUT2D eigenvalue weighted by Gasteiger charge is 2.45. The van der Waals surface area contributed by atoms with E-state index in [4.69, 9.17) is 9.47 Å². The van der Waals surface area contributed by atoms with E-state index >= 15 is 0 Å². The molecule has 9 heteroatoms. The molecule has 0 unspecified atom stereocenters. The highest BCUT2D eigenvalue weighted by atomic mass is 16.5. The number of morpholine rings is 1. The van der Waals surface area contributed by atoms with Crippen molar-refractivity contribution >= 4 is 28.2 Å². The van der Waals surface area contributed by atoms with Crippen molar-refractivity contribution in [2.75, 3.05) is 44.0 Å². The molecule has 2 heterocycles. The van der Waals surface area contributed by atoms with Crippen molar-refractivity contribution in [3.63, 3.8) is 0 Å². The Labute approximate surface area is 232 Å². The number of nitrogens with one attached hydrogen (secondary N) is 2. The van der Waals surface area contributed by atoms with Crippen molar-refractivity contribution in [1.29, 1.82) is 5.26 Å². The Kier molecular flexibility index (Phi) is 7.03. The Morgan fingerprint density at radius 1 is 1.02 bits per heavy atom. The molecule has 0 bridgehead atoms. The average molecular weight is 535 g/mol. The van der Waals surface area contributed by atoms with E-state index in [-0.39, 0.29) is 0 Å². The minimum atomic E-state index is -0.463. The van der Waals surface area contributed by atoms with Crippen LogP contribution in [-0.4, -0.2) is 54.3 Å². The van der Waals surface area contributed by atoms with Gasteiger partial charge in [0.1, 0.15) is 11.6 Å². The van der Waals surface area contributed by atoms with Crippen LogP contribution in [0.4, 0.5) is 16.2 Å². The fourth-order valence-corrected chi connectivity index (χ4v) is 5.16. The zero-order valence-electron chi connectivity index (χ0n) is 22.3. The molecule has 6 rings (SSSR count). The van der Waals surface area contributed by atoms with Gasteiger partial charge in [-0.3, -0.25) is 4.90 Å². The quantitative estimate of drug-likeness (QED) is 0.329. The molecule has 2 fully saturated rings. The molecule has 2 amide bonds. The molecule has 40 heavy (non-hydrogen) atoms. The minimum Gasteiger partial charge on any atom is -0.495 e. The maximum atomic E-state index is 13.1. The molecule has 1 aliphatic heterocycles. The third-order valence-electron chi connectivity index (χ3n) is 7.62. The van der Waals surface area contributed by atoms with Gasteiger partial charge in [-0.2, -0.15) is 5.26 Å². The first-order valence-electron chi connectivity index (χ1n) is 13.4. The number of benzene rings is 3. The lowest BCUT2D eigenvalue weighted by atomic mass is 9.97. The molecule has 202 valence electrons. The highest BCUT2D eigenvalue weighted by molar-refractivity contribution is 6.10. The lowest BCUT2D eigenvalue weighted by Gasteiger charge is -2.25. The fourth-order valence-electron chi connectivity index (χ4n) is 5.16. The van der Waals surface area contributed by atoms with Gasteiger partial charge in [-0.15, -0.1) is 0 Å². The maximum absolute atomic E-state index is 13.1. The SMILES string of the molecule is COc1ccc(C2(C#N)CC2)cc1NC(=O)Nc1ccc(-c2cnc(CN3CCOCC3)nc2)c2ccccc12. The van der Waals surface area contributed by atoms with E-state index in [1.807, 2.05) is 60.9 Å². The lowest BCUT2D eigenvalue weighted by Crippen LogP contribution is -2.36. The van der Waals surface area contributed by atoms with Crippen molar-refractivity contribution in [3.05, 3.63) is 78.4 Å². The van der Waals surface area contributed by atoms with Crippen LogP contribution in [0.1, 0.15) is 24.2 Å². The zero-order valence-corrected chi connectivity index (χ0v) is 22.3. The Morgan fingerprint density at radius 2 is 1.75 bits per heavy atom. The van der Waals surface area contributed by atoms with Gasteiger partial charge in [-0.1, -0.05) is 36.4 Å². The van der Waals surface area contributed by atoms with Gasteiger partial charge in [0, 0.05) is 36.4 Å². The summed E-state index contributed by atoms with van der Waals surface area (Å²) < 4.78 is 10.9. The van der Waals surface area contributed by atoms with Crippen molar-refractivity contribution in [3.8, 4) is 22.9 Å². The molecular weight excluding hydrogens is 504 g/mol. The Morgan fingerprint density at radius 3 is 2.45 bits per heavy atom. The number of ether oxygens (including phenoxy) is 2. The molecule has 2 aliphatic rings. The first-order valence-corrected chi connectivity index (χ1v) is 13.4. The number of carbonyl (C=O) groups is 1. The number of nitriles is 1. The van der Waals surface area contributed by atoms with Gasteiger partial charge >= 0.3 is 6.03 Å². The van der Waals surface area contributed by atoms with Crippen LogP contribution in [0.15, 0.2) is 67.0 Å². The average Bonchev–Trinajstić information content (AvgIpc) is 3.80. The van der Waals surface area contributed by atoms with E-state index in [0.29, 0.717) is 23.7 Å². The molecule has 1 saturated carbocycles. The largest absolute Gasteiger partial charge is 0.495 e. The first-order chi connectivity index (χ1) is 19.6. The molecule has 0 spiro atoms. The van der Waals surface area contributed by atoms with Crippen LogP contribution in [0.2, 0.25) is 0 Å². The van der Waals surface area contributed by atoms with Gasteiger partial charge in [0.05, 0.1) is 49.7 Å². The van der Waals surface area contributed by atoms with Gasteiger partial charge in [0.2, 0.25) is 0 Å². The number of rotatable bonds is 7. The summed E-state index contributed by atoms with van der Waals surface area (Å²) in [6.07, 6.45) is 5.36. The number of hydrogen-bond donors (Lipinski definition) is 2. The number of amides is 2. The molecule has 2 N–H and O–H groups in total. The van der Waals surface area contributed by atoms with Gasteiger partial charge in [-0.25, -0.2) is 14.8 Å². The second kappa shape index (κ2) is 10.9. The van der Waals surface area contributed by atoms with Crippen LogP contribution in [0, 0.1) is 11.3 Å². The molecule has 3 aromatic carbocycles. The van der Waals surface area contributed by atoms with Crippen LogP contribution in [0.3, 0.4) is 0 Å². The highest BCUT2D eigenvalue weighted by Crippen LogP contribution is 2.49. The third kappa shape index (κ3) is 5.19. The Hall–Kier alpha value is -4.52. The molecular formula is C31H30N6O3. The van der Waals surface area contributed by atoms with Gasteiger partial charge in [-0.05, 0) is 47.6 Å². The number of urea groups is 1. The number of aromatic nitrogens is 2. The summed E-state index contributed by atoms with van der Waals surface area (Å²) >= 11 is 0. The zero-order chi connectivity index (χ0) is 27.5. The monoisotopic (exact) mass is 534 g/mol. The second-order valence-corrected chi connectivity index (χ2v) is 10.2. The number of carbonyl (C=O) groups excluding carboxylic acids is 1. The summed E-state index contributed by atoms with van der Waals surface area (Å²) in [5.74, 6) is 1.32. The number of anilines is 2. The smallest absolute Gasteiger partial charge is 0.323 e. The maximum Gasteiger partial charge on any atom is 0.323 e. The second-order valence-electron chi connectivity index (χ2n) is 10.2. The van der Waals surface area contributed by atoms with Crippen molar-refractivity contribution < 1.29 is 14.3 Å². The van der Waals surface area contributed by atoms with Crippen LogP contribution in [0.5, 0.6) is 5.75 Å². The molecule has 1 aromatic heterocycles. The summed E-state index contributed by atoms with van der Waals surface area (Å²) in [6, 6.07) is 19.3. The van der Waals surface area contributed by atoms with E-state index in [0.717, 1.165) is 72.4 Å². The van der Waals surface area contributed by atoms with E-state index in [2.05, 4.69) is 31.6 Å². The van der Waals surface area contributed by atoms with E-state index in [1.54, 1.807) is 13.2 Å². The molecule has 9 nitrogen and oxygen atoms in total. The number of nitrogens with zero attached hydrogens (tertiary/aromatic N) is 4. The minimum absolute atomic E-state index is 0.397. The topological polar surface area (TPSA) is 112 Å². The van der Waals surface area contributed by atoms with Gasteiger partial charge in [0.25, 0.3) is 0 Å². The fraction of sp³-hybridized carbons (Fsp3) is 0.290. The molecule has 1 aliphatic carbocycles. The summed E-state index contributed by atoms with van der Waals surface area (Å²) in [5, 5.41) is 17.4. The molecule has 4 aromatic rings. The first kappa shape index (κ1) is 25.7. The van der Waals surface area contributed by atoms with Gasteiger partial charge in [0.15, 0.2) is 0 Å². The van der Waals surface area contributed by atoms with E-state index < -0.39 is 11.4 Å². The lowest BCUT2D eigenvalue weighted by molar-refractivity contribution is 0.0330. The normalized spacial score (nSPS) is 16.2. The summed E-state index contributed by atoms with van der Waals surface area (Å²) in [4.78, 5) is 24.7. The van der Waals surface area contributed by atoms with E-state index in [9.17, 15) is 10.1 Å². The molecule has 1 saturated heterocycles. The summed E-state index contributed by atoms with van der Waals surface area (Å²) in [7, 11) is 1.56. The van der Waals surface area contributed by atoms with Crippen molar-refractivity contribution in [2.45, 2.75) is 24.8 Å². The molecule has 0 atom stereocenters. The van der Waals surface area contributed by atoms with Crippen molar-refractivity contribution in [2.24, 2.45) is 0 Å². The predicted octanol–water partition coefficient (Wildman–Crippen LogP) is 5.34. The third-order valence-corrected chi connectivity index (χ3v) is 7.62. The summed E-state index contributed by atoms with van der Waals surface area (Å²) in [5.41, 5.74) is 3.52. The van der Waals surface area contributed by atoms with Crippen molar-refractivity contribution in [1.82, 2.24) is 14.9 Å². The van der Waals surface area contributed by atoms with Crippen LogP contribution < -0.4 is 15.4 Å². The van der Waals surface area contributed by atoms with Crippen LogP contribution >= 0.6 is 0 Å². The van der Waals surface area contributed by atoms with Gasteiger partial charge < -0.3 is 20.1 Å². The number of fused-ring (bicyclic) bond motifs is 1. The summed E-state index contributed by atoms with van der Waals surface area (Å²) in [6.45, 7) is 3.95. The van der Waals surface area contributed by atoms with Crippen LogP contribution in [0.25, 0.3) is 21.9 Å².